The summed E-state index contributed by atoms with van der Waals surface area (Å²) < 4.78 is 5.95. The van der Waals surface area contributed by atoms with Crippen LogP contribution < -0.4 is 0 Å². The first-order valence-electron chi connectivity index (χ1n) is 16.4. The van der Waals surface area contributed by atoms with Crippen LogP contribution in [0, 0.1) is 40.4 Å². The van der Waals surface area contributed by atoms with Crippen LogP contribution in [0.2, 0.25) is 0 Å². The van der Waals surface area contributed by atoms with Crippen molar-refractivity contribution in [3.63, 3.8) is 0 Å². The minimum Gasteiger partial charge on any atom is -0.481 e. The Labute approximate surface area is 265 Å². The van der Waals surface area contributed by atoms with E-state index in [0.717, 1.165) is 64.6 Å². The Morgan fingerprint density at radius 1 is 0.867 bits per heavy atom. The SMILES string of the molecule is CC(=O)[C@H]1CC[C@H]2[C@@H]3CC[C@H]4C[C@H](O)[C@@H](N5CCOC(C)(C)C5)C[C@]4(C)[C@H]3[C@@H](O)C[C@]12C.O=C(O)CC(O)(CC(=O)O)C(=O)O. The Kier molecular flexibility index (Phi) is 10.2. The summed E-state index contributed by atoms with van der Waals surface area (Å²) in [6.45, 7) is 13.2. The van der Waals surface area contributed by atoms with Gasteiger partial charge in [-0.3, -0.25) is 19.3 Å². The Hall–Kier alpha value is -2.12. The second kappa shape index (κ2) is 12.8. The second-order valence-electron chi connectivity index (χ2n) is 15.7. The Morgan fingerprint density at radius 3 is 2.02 bits per heavy atom. The highest BCUT2D eigenvalue weighted by Crippen LogP contribution is 2.67. The van der Waals surface area contributed by atoms with Crippen LogP contribution in [-0.4, -0.2) is 108 Å². The minimum atomic E-state index is -2.74. The molecule has 6 N–H and O–H groups in total. The van der Waals surface area contributed by atoms with Crippen LogP contribution in [0.15, 0.2) is 0 Å². The molecule has 12 nitrogen and oxygen atoms in total. The molecule has 0 unspecified atom stereocenters. The van der Waals surface area contributed by atoms with Crippen molar-refractivity contribution in [1.29, 1.82) is 0 Å². The van der Waals surface area contributed by atoms with E-state index in [1.54, 1.807) is 6.92 Å². The highest BCUT2D eigenvalue weighted by molar-refractivity contribution is 5.88. The predicted octanol–water partition coefficient (Wildman–Crippen LogP) is 2.41. The van der Waals surface area contributed by atoms with Crippen LogP contribution in [0.1, 0.15) is 92.4 Å². The average Bonchev–Trinajstić information content (AvgIpc) is 3.24. The second-order valence-corrected chi connectivity index (χ2v) is 15.7. The molecule has 5 fully saturated rings. The predicted molar refractivity (Wildman–Crippen MR) is 161 cm³/mol. The molecule has 1 heterocycles. The summed E-state index contributed by atoms with van der Waals surface area (Å²) in [5.74, 6) is -2.76. The highest BCUT2D eigenvalue weighted by Gasteiger charge is 2.64. The molecular formula is C33H53NO11. The van der Waals surface area contributed by atoms with Gasteiger partial charge >= 0.3 is 17.9 Å². The summed E-state index contributed by atoms with van der Waals surface area (Å²) in [6.07, 6.45) is 4.10. The van der Waals surface area contributed by atoms with Crippen LogP contribution in [0.3, 0.4) is 0 Å². The first-order valence-corrected chi connectivity index (χ1v) is 16.4. The summed E-state index contributed by atoms with van der Waals surface area (Å²) >= 11 is 0. The molecule has 1 aliphatic heterocycles. The zero-order chi connectivity index (χ0) is 33.7. The molecule has 5 rings (SSSR count). The number of aliphatic hydroxyl groups excluding tert-OH is 2. The van der Waals surface area contributed by atoms with Gasteiger partial charge in [0, 0.05) is 25.0 Å². The van der Waals surface area contributed by atoms with E-state index in [4.69, 9.17) is 25.2 Å². The van der Waals surface area contributed by atoms with Crippen molar-refractivity contribution in [3.05, 3.63) is 0 Å². The largest absolute Gasteiger partial charge is 0.481 e. The van der Waals surface area contributed by atoms with Crippen LogP contribution in [0.4, 0.5) is 0 Å². The van der Waals surface area contributed by atoms with Crippen LogP contribution in [0.5, 0.6) is 0 Å². The maximum Gasteiger partial charge on any atom is 0.336 e. The van der Waals surface area contributed by atoms with Gasteiger partial charge in [-0.05, 0) is 100 Å². The number of carbonyl (C=O) groups excluding carboxylic acids is 1. The number of carboxylic acids is 3. The summed E-state index contributed by atoms with van der Waals surface area (Å²) in [4.78, 5) is 45.4. The number of aliphatic carboxylic acids is 3. The standard InChI is InChI=1S/C27H45NO4.C6H8O7/c1-16(29)19-8-9-20-18-7-6-17-12-22(30)21(28-10-11-32-25(2,3)15-28)13-26(17,4)24(18)23(31)14-27(19,20)5;7-3(8)1-6(13,5(11)12)2-4(9)10/h17-24,30-31H,6-15H2,1-5H3;13H,1-2H2,(H,7,8)(H,9,10)(H,11,12)/t17-,18-,19+,20-,21-,22-,23-,24+,26-,27+;/m0./s1. The molecule has 0 aromatic rings. The lowest BCUT2D eigenvalue weighted by molar-refractivity contribution is -0.198. The van der Waals surface area contributed by atoms with Crippen LogP contribution >= 0.6 is 0 Å². The van der Waals surface area contributed by atoms with E-state index in [0.29, 0.717) is 23.5 Å². The fraction of sp³-hybridized carbons (Fsp3) is 0.879. The van der Waals surface area contributed by atoms with Gasteiger partial charge in [0.1, 0.15) is 5.78 Å². The molecule has 0 radical (unpaired) electrons. The van der Waals surface area contributed by atoms with E-state index >= 15 is 0 Å². The number of hydrogen-bond donors (Lipinski definition) is 6. The lowest BCUT2D eigenvalue weighted by Crippen LogP contribution is -2.64. The number of Topliss-reactive ketones (excluding diaryl/α,β-unsaturated/α-hetero) is 1. The maximum atomic E-state index is 12.4. The zero-order valence-corrected chi connectivity index (χ0v) is 27.3. The molecule has 0 aromatic heterocycles. The van der Waals surface area contributed by atoms with Crippen LogP contribution in [-0.2, 0) is 23.9 Å². The van der Waals surface area contributed by atoms with Crippen molar-refractivity contribution >= 4 is 23.7 Å². The Morgan fingerprint density at radius 2 is 1.49 bits per heavy atom. The highest BCUT2D eigenvalue weighted by atomic mass is 16.5. The van der Waals surface area contributed by atoms with Crippen molar-refractivity contribution in [1.82, 2.24) is 4.90 Å². The van der Waals surface area contributed by atoms with Gasteiger partial charge in [-0.1, -0.05) is 13.8 Å². The molecule has 12 heteroatoms. The van der Waals surface area contributed by atoms with Crippen molar-refractivity contribution in [3.8, 4) is 0 Å². The van der Waals surface area contributed by atoms with E-state index in [1.807, 2.05) is 0 Å². The summed E-state index contributed by atoms with van der Waals surface area (Å²) in [7, 11) is 0. The number of hydrogen-bond acceptors (Lipinski definition) is 9. The van der Waals surface area contributed by atoms with Gasteiger partial charge in [-0.25, -0.2) is 4.79 Å². The number of fused-ring (bicyclic) bond motifs is 5. The lowest BCUT2D eigenvalue weighted by atomic mass is 9.43. The molecule has 0 aromatic carbocycles. The monoisotopic (exact) mass is 639 g/mol. The molecule has 256 valence electrons. The number of aliphatic hydroxyl groups is 3. The lowest BCUT2D eigenvalue weighted by Gasteiger charge is -2.64. The van der Waals surface area contributed by atoms with Crippen molar-refractivity contribution in [2.75, 3.05) is 19.7 Å². The van der Waals surface area contributed by atoms with E-state index < -0.39 is 36.4 Å². The normalized spacial score (nSPS) is 41.0. The minimum absolute atomic E-state index is 0.0442. The third kappa shape index (κ3) is 6.95. The molecule has 45 heavy (non-hydrogen) atoms. The fourth-order valence-corrected chi connectivity index (χ4v) is 10.5. The molecule has 0 spiro atoms. The number of nitrogens with zero attached hydrogens (tertiary/aromatic N) is 1. The number of ketones is 1. The third-order valence-corrected chi connectivity index (χ3v) is 12.3. The van der Waals surface area contributed by atoms with Gasteiger partial charge in [0.15, 0.2) is 5.60 Å². The van der Waals surface area contributed by atoms with Gasteiger partial charge < -0.3 is 35.4 Å². The van der Waals surface area contributed by atoms with Gasteiger partial charge in [0.2, 0.25) is 0 Å². The Balaban J connectivity index is 0.000000302. The van der Waals surface area contributed by atoms with Crippen molar-refractivity contribution < 1.29 is 54.6 Å². The van der Waals surface area contributed by atoms with E-state index in [1.165, 1.54) is 0 Å². The average molecular weight is 640 g/mol. The van der Waals surface area contributed by atoms with Gasteiger partial charge in [0.05, 0.1) is 37.3 Å². The molecule has 10 atom stereocenters. The zero-order valence-electron chi connectivity index (χ0n) is 27.3. The molecule has 4 aliphatic carbocycles. The topological polar surface area (TPSA) is 202 Å². The smallest absolute Gasteiger partial charge is 0.336 e. The van der Waals surface area contributed by atoms with E-state index in [9.17, 15) is 29.4 Å². The molecule has 4 saturated carbocycles. The number of carboxylic acid groups (broad SMARTS) is 3. The quantitative estimate of drug-likeness (QED) is 0.238. The molecule has 1 saturated heterocycles. The van der Waals surface area contributed by atoms with E-state index in [-0.39, 0.29) is 46.5 Å². The van der Waals surface area contributed by atoms with Crippen molar-refractivity contribution in [2.24, 2.45) is 40.4 Å². The number of ether oxygens (including phenoxy) is 1. The van der Waals surface area contributed by atoms with Gasteiger partial charge in [0.25, 0.3) is 0 Å². The number of rotatable bonds is 7. The van der Waals surface area contributed by atoms with Crippen molar-refractivity contribution in [2.45, 2.75) is 122 Å². The van der Waals surface area contributed by atoms with Gasteiger partial charge in [-0.15, -0.1) is 0 Å². The fourth-order valence-electron chi connectivity index (χ4n) is 10.5. The Bertz CT molecular complexity index is 1140. The first-order chi connectivity index (χ1) is 20.7. The van der Waals surface area contributed by atoms with E-state index in [2.05, 4.69) is 32.6 Å². The third-order valence-electron chi connectivity index (χ3n) is 12.3. The van der Waals surface area contributed by atoms with Gasteiger partial charge in [-0.2, -0.15) is 0 Å². The molecule has 5 aliphatic rings. The molecule has 0 bridgehead atoms. The maximum absolute atomic E-state index is 12.4. The first kappa shape index (κ1) is 35.7. The molecular weight excluding hydrogens is 586 g/mol. The number of carbonyl (C=O) groups is 4. The summed E-state index contributed by atoms with van der Waals surface area (Å²) in [5.41, 5.74) is -2.91. The van der Waals surface area contributed by atoms with Crippen LogP contribution in [0.25, 0.3) is 0 Å². The summed E-state index contributed by atoms with van der Waals surface area (Å²) in [5, 5.41) is 56.7. The molecule has 0 amide bonds. The summed E-state index contributed by atoms with van der Waals surface area (Å²) in [6, 6.07) is 0.146. The number of morpholine rings is 1.